The van der Waals surface area contributed by atoms with Gasteiger partial charge in [0.15, 0.2) is 0 Å². The fraction of sp³-hybridized carbons (Fsp3) is 0. The lowest BCUT2D eigenvalue weighted by molar-refractivity contribution is -0.385. The number of halogens is 1. The molecule has 0 radical (unpaired) electrons. The first-order valence-electron chi connectivity index (χ1n) is 4.92. The number of nitro benzene ring substituents is 1. The Labute approximate surface area is 96.9 Å². The van der Waals surface area contributed by atoms with E-state index in [1.165, 1.54) is 12.1 Å². The van der Waals surface area contributed by atoms with Gasteiger partial charge in [-0.1, -0.05) is 18.2 Å². The molecule has 2 aromatic rings. The van der Waals surface area contributed by atoms with Crippen molar-refractivity contribution in [3.05, 3.63) is 64.5 Å². The molecule has 0 aliphatic heterocycles. The van der Waals surface area contributed by atoms with E-state index in [1.807, 2.05) is 18.2 Å². The number of nitrogens with one attached hydrogen (secondary N) is 1. The van der Waals surface area contributed by atoms with E-state index in [0.717, 1.165) is 11.8 Å². The average molecular weight is 232 g/mol. The summed E-state index contributed by atoms with van der Waals surface area (Å²) in [6.07, 6.45) is 0. The lowest BCUT2D eigenvalue weighted by Gasteiger charge is -2.05. The SMILES string of the molecule is O=[N+]([O-])c1cc(F)cc(Nc2ccccc2)c1. The minimum Gasteiger partial charge on any atom is -0.355 e. The molecule has 0 bridgehead atoms. The van der Waals surface area contributed by atoms with Crippen LogP contribution in [-0.2, 0) is 0 Å². The number of benzene rings is 2. The first-order chi connectivity index (χ1) is 8.15. The molecular formula is C12H9FN2O2. The molecule has 0 atom stereocenters. The highest BCUT2D eigenvalue weighted by Gasteiger charge is 2.09. The van der Waals surface area contributed by atoms with Gasteiger partial charge in [-0.3, -0.25) is 10.1 Å². The third-order valence-corrected chi connectivity index (χ3v) is 2.16. The molecule has 0 spiro atoms. The molecular weight excluding hydrogens is 223 g/mol. The summed E-state index contributed by atoms with van der Waals surface area (Å²) in [5, 5.41) is 13.5. The van der Waals surface area contributed by atoms with Crippen LogP contribution in [0.15, 0.2) is 48.5 Å². The number of nitrogens with zero attached hydrogens (tertiary/aromatic N) is 1. The summed E-state index contributed by atoms with van der Waals surface area (Å²) in [6.45, 7) is 0. The molecule has 2 aromatic carbocycles. The van der Waals surface area contributed by atoms with Gasteiger partial charge in [-0.25, -0.2) is 4.39 Å². The van der Waals surface area contributed by atoms with Crippen molar-refractivity contribution in [1.82, 2.24) is 0 Å². The zero-order valence-electron chi connectivity index (χ0n) is 8.76. The molecule has 2 rings (SSSR count). The lowest BCUT2D eigenvalue weighted by atomic mass is 10.2. The van der Waals surface area contributed by atoms with Crippen LogP contribution in [0.2, 0.25) is 0 Å². The van der Waals surface area contributed by atoms with Crippen molar-refractivity contribution in [3.63, 3.8) is 0 Å². The van der Waals surface area contributed by atoms with Gasteiger partial charge in [0.05, 0.1) is 11.0 Å². The molecule has 5 heteroatoms. The lowest BCUT2D eigenvalue weighted by Crippen LogP contribution is -1.94. The van der Waals surface area contributed by atoms with Crippen LogP contribution in [0.5, 0.6) is 0 Å². The van der Waals surface area contributed by atoms with Gasteiger partial charge >= 0.3 is 0 Å². The van der Waals surface area contributed by atoms with Crippen molar-refractivity contribution in [1.29, 1.82) is 0 Å². The van der Waals surface area contributed by atoms with Crippen molar-refractivity contribution in [3.8, 4) is 0 Å². The fourth-order valence-electron chi connectivity index (χ4n) is 1.44. The van der Waals surface area contributed by atoms with Crippen LogP contribution in [0.25, 0.3) is 0 Å². The topological polar surface area (TPSA) is 55.2 Å². The van der Waals surface area contributed by atoms with Gasteiger partial charge in [-0.15, -0.1) is 0 Å². The van der Waals surface area contributed by atoms with E-state index in [9.17, 15) is 14.5 Å². The molecule has 0 unspecified atom stereocenters. The van der Waals surface area contributed by atoms with Gasteiger partial charge in [0.2, 0.25) is 0 Å². The Morgan fingerprint density at radius 1 is 1.06 bits per heavy atom. The second-order valence-electron chi connectivity index (χ2n) is 3.45. The van der Waals surface area contributed by atoms with E-state index >= 15 is 0 Å². The van der Waals surface area contributed by atoms with Gasteiger partial charge < -0.3 is 5.32 Å². The zero-order chi connectivity index (χ0) is 12.3. The van der Waals surface area contributed by atoms with E-state index in [-0.39, 0.29) is 5.69 Å². The maximum atomic E-state index is 13.1. The minimum absolute atomic E-state index is 0.275. The fourth-order valence-corrected chi connectivity index (χ4v) is 1.44. The van der Waals surface area contributed by atoms with E-state index < -0.39 is 10.7 Å². The first kappa shape index (κ1) is 11.1. The van der Waals surface area contributed by atoms with Crippen LogP contribution in [0, 0.1) is 15.9 Å². The van der Waals surface area contributed by atoms with Crippen LogP contribution < -0.4 is 5.32 Å². The maximum Gasteiger partial charge on any atom is 0.274 e. The van der Waals surface area contributed by atoms with Gasteiger partial charge in [-0.2, -0.15) is 0 Å². The van der Waals surface area contributed by atoms with E-state index in [0.29, 0.717) is 5.69 Å². The number of nitro groups is 1. The Morgan fingerprint density at radius 2 is 1.76 bits per heavy atom. The second-order valence-corrected chi connectivity index (χ2v) is 3.45. The zero-order valence-corrected chi connectivity index (χ0v) is 8.76. The minimum atomic E-state index is -0.641. The molecule has 0 heterocycles. The van der Waals surface area contributed by atoms with E-state index in [1.54, 1.807) is 12.1 Å². The molecule has 4 nitrogen and oxygen atoms in total. The summed E-state index contributed by atoms with van der Waals surface area (Å²) in [5.41, 5.74) is 0.818. The Morgan fingerprint density at radius 3 is 2.41 bits per heavy atom. The molecule has 0 fully saturated rings. The molecule has 0 saturated carbocycles. The van der Waals surface area contributed by atoms with Crippen LogP contribution in [0.1, 0.15) is 0 Å². The quantitative estimate of drug-likeness (QED) is 0.651. The van der Waals surface area contributed by atoms with Crippen molar-refractivity contribution in [2.45, 2.75) is 0 Å². The van der Waals surface area contributed by atoms with E-state index in [2.05, 4.69) is 5.32 Å². The van der Waals surface area contributed by atoms with Crippen molar-refractivity contribution in [2.24, 2.45) is 0 Å². The summed E-state index contributed by atoms with van der Waals surface area (Å²) in [7, 11) is 0. The van der Waals surface area contributed by atoms with Gasteiger partial charge in [0, 0.05) is 17.4 Å². The first-order valence-corrected chi connectivity index (χ1v) is 4.92. The Kier molecular flexibility index (Phi) is 3.00. The summed E-state index contributed by atoms with van der Waals surface area (Å²) >= 11 is 0. The monoisotopic (exact) mass is 232 g/mol. The molecule has 0 saturated heterocycles. The number of anilines is 2. The standard InChI is InChI=1S/C12H9FN2O2/c13-9-6-11(8-12(7-9)15(16)17)14-10-4-2-1-3-5-10/h1-8,14H. The Hall–Kier alpha value is -2.43. The molecule has 0 aliphatic carbocycles. The summed E-state index contributed by atoms with van der Waals surface area (Å²) < 4.78 is 13.1. The molecule has 1 N–H and O–H groups in total. The summed E-state index contributed by atoms with van der Waals surface area (Å²) in [4.78, 5) is 9.94. The molecule has 0 aliphatic rings. The third-order valence-electron chi connectivity index (χ3n) is 2.16. The molecule has 0 amide bonds. The molecule has 0 aromatic heterocycles. The van der Waals surface area contributed by atoms with Gasteiger partial charge in [0.25, 0.3) is 5.69 Å². The largest absolute Gasteiger partial charge is 0.355 e. The van der Waals surface area contributed by atoms with Crippen LogP contribution in [0.4, 0.5) is 21.5 Å². The predicted molar refractivity (Wildman–Crippen MR) is 62.8 cm³/mol. The van der Waals surface area contributed by atoms with Crippen LogP contribution in [0.3, 0.4) is 0 Å². The van der Waals surface area contributed by atoms with Crippen LogP contribution >= 0.6 is 0 Å². The van der Waals surface area contributed by atoms with Gasteiger partial charge in [0.1, 0.15) is 5.82 Å². The normalized spacial score (nSPS) is 9.94. The number of rotatable bonds is 3. The summed E-state index contributed by atoms with van der Waals surface area (Å²) in [6, 6.07) is 12.4. The van der Waals surface area contributed by atoms with E-state index in [4.69, 9.17) is 0 Å². The molecule has 86 valence electrons. The highest BCUT2D eigenvalue weighted by molar-refractivity contribution is 5.62. The average Bonchev–Trinajstić information content (AvgIpc) is 2.29. The van der Waals surface area contributed by atoms with Crippen LogP contribution in [-0.4, -0.2) is 4.92 Å². The number of hydrogen-bond acceptors (Lipinski definition) is 3. The Bertz CT molecular complexity index is 543. The highest BCUT2D eigenvalue weighted by Crippen LogP contribution is 2.23. The third kappa shape index (κ3) is 2.78. The molecule has 17 heavy (non-hydrogen) atoms. The van der Waals surface area contributed by atoms with Crippen molar-refractivity contribution in [2.75, 3.05) is 5.32 Å². The highest BCUT2D eigenvalue weighted by atomic mass is 19.1. The predicted octanol–water partition coefficient (Wildman–Crippen LogP) is 3.48. The maximum absolute atomic E-state index is 13.1. The summed E-state index contributed by atoms with van der Waals surface area (Å²) in [5.74, 6) is -0.641. The van der Waals surface area contributed by atoms with Gasteiger partial charge in [-0.05, 0) is 18.2 Å². The second kappa shape index (κ2) is 4.61. The van der Waals surface area contributed by atoms with Crippen molar-refractivity contribution >= 4 is 17.1 Å². The number of para-hydroxylation sites is 1. The Balaban J connectivity index is 2.30. The smallest absolute Gasteiger partial charge is 0.274 e. The number of hydrogen-bond donors (Lipinski definition) is 1. The van der Waals surface area contributed by atoms with Crippen molar-refractivity contribution < 1.29 is 9.31 Å². The number of non-ortho nitro benzene ring substituents is 1.